The SMILES string of the molecule is CC(=O)N(C)CC1(CO)CC1. The van der Waals surface area contributed by atoms with Gasteiger partial charge >= 0.3 is 0 Å². The van der Waals surface area contributed by atoms with Gasteiger partial charge in [0.1, 0.15) is 0 Å². The zero-order valence-electron chi connectivity index (χ0n) is 7.13. The molecule has 0 spiro atoms. The van der Waals surface area contributed by atoms with E-state index < -0.39 is 0 Å². The van der Waals surface area contributed by atoms with Gasteiger partial charge in [0.25, 0.3) is 0 Å². The molecule has 1 fully saturated rings. The summed E-state index contributed by atoms with van der Waals surface area (Å²) in [6.45, 7) is 2.47. The van der Waals surface area contributed by atoms with Crippen molar-refractivity contribution >= 4 is 5.91 Å². The highest BCUT2D eigenvalue weighted by Crippen LogP contribution is 2.45. The molecular formula is C8H15NO2. The predicted octanol–water partition coefficient (Wildman–Crippen LogP) is 0.237. The molecule has 0 atom stereocenters. The maximum Gasteiger partial charge on any atom is 0.219 e. The molecule has 64 valence electrons. The Balaban J connectivity index is 2.35. The van der Waals surface area contributed by atoms with Crippen LogP contribution in [0.3, 0.4) is 0 Å². The van der Waals surface area contributed by atoms with Crippen molar-refractivity contribution in [2.45, 2.75) is 19.8 Å². The fourth-order valence-electron chi connectivity index (χ4n) is 1.16. The minimum absolute atomic E-state index is 0.0560. The van der Waals surface area contributed by atoms with Crippen LogP contribution in [-0.2, 0) is 4.79 Å². The molecule has 1 amide bonds. The molecule has 0 saturated heterocycles. The van der Waals surface area contributed by atoms with Gasteiger partial charge in [-0.1, -0.05) is 0 Å². The van der Waals surface area contributed by atoms with Crippen LogP contribution in [0.2, 0.25) is 0 Å². The third kappa shape index (κ3) is 1.93. The number of carbonyl (C=O) groups is 1. The second-order valence-corrected chi connectivity index (χ2v) is 3.53. The summed E-state index contributed by atoms with van der Waals surface area (Å²) in [5, 5.41) is 8.95. The Morgan fingerprint density at radius 1 is 1.64 bits per heavy atom. The minimum atomic E-state index is 0.0560. The van der Waals surface area contributed by atoms with Gasteiger partial charge in [0, 0.05) is 25.9 Å². The number of nitrogens with zero attached hydrogens (tertiary/aromatic N) is 1. The highest BCUT2D eigenvalue weighted by Gasteiger charge is 2.43. The van der Waals surface area contributed by atoms with Gasteiger partial charge in [-0.25, -0.2) is 0 Å². The van der Waals surface area contributed by atoms with Crippen LogP contribution in [0, 0.1) is 5.41 Å². The standard InChI is InChI=1S/C8H15NO2/c1-7(11)9(2)5-8(6-10)3-4-8/h10H,3-6H2,1-2H3. The summed E-state index contributed by atoms with van der Waals surface area (Å²) in [6.07, 6.45) is 2.11. The Hall–Kier alpha value is -0.570. The minimum Gasteiger partial charge on any atom is -0.396 e. The van der Waals surface area contributed by atoms with Gasteiger partial charge in [0.2, 0.25) is 5.91 Å². The van der Waals surface area contributed by atoms with E-state index in [1.807, 2.05) is 0 Å². The van der Waals surface area contributed by atoms with Gasteiger partial charge in [0.05, 0.1) is 6.61 Å². The Morgan fingerprint density at radius 3 is 2.45 bits per heavy atom. The van der Waals surface area contributed by atoms with Crippen molar-refractivity contribution in [2.24, 2.45) is 5.41 Å². The predicted molar refractivity (Wildman–Crippen MR) is 42.1 cm³/mol. The summed E-state index contributed by atoms with van der Waals surface area (Å²) in [5.74, 6) is 0.0738. The van der Waals surface area contributed by atoms with Crippen molar-refractivity contribution in [1.29, 1.82) is 0 Å². The van der Waals surface area contributed by atoms with E-state index in [1.54, 1.807) is 18.9 Å². The summed E-state index contributed by atoms with van der Waals surface area (Å²) in [5.41, 5.74) is 0.0560. The molecule has 11 heavy (non-hydrogen) atoms. The monoisotopic (exact) mass is 157 g/mol. The van der Waals surface area contributed by atoms with Crippen LogP contribution in [0.1, 0.15) is 19.8 Å². The first-order chi connectivity index (χ1) is 5.09. The lowest BCUT2D eigenvalue weighted by molar-refractivity contribution is -0.128. The van der Waals surface area contributed by atoms with Crippen molar-refractivity contribution in [3.05, 3.63) is 0 Å². The molecule has 1 saturated carbocycles. The number of amides is 1. The summed E-state index contributed by atoms with van der Waals surface area (Å²) in [4.78, 5) is 12.5. The first-order valence-electron chi connectivity index (χ1n) is 3.92. The van der Waals surface area contributed by atoms with E-state index in [1.165, 1.54) is 0 Å². The van der Waals surface area contributed by atoms with E-state index in [2.05, 4.69) is 0 Å². The molecule has 1 aliphatic carbocycles. The molecule has 1 aliphatic rings. The van der Waals surface area contributed by atoms with Crippen LogP contribution in [-0.4, -0.2) is 36.1 Å². The summed E-state index contributed by atoms with van der Waals surface area (Å²) < 4.78 is 0. The van der Waals surface area contributed by atoms with Crippen molar-refractivity contribution < 1.29 is 9.90 Å². The molecule has 0 unspecified atom stereocenters. The lowest BCUT2D eigenvalue weighted by atomic mass is 10.1. The van der Waals surface area contributed by atoms with Crippen LogP contribution in [0.25, 0.3) is 0 Å². The van der Waals surface area contributed by atoms with Gasteiger partial charge in [-0.15, -0.1) is 0 Å². The van der Waals surface area contributed by atoms with Crippen LogP contribution in [0.15, 0.2) is 0 Å². The fourth-order valence-corrected chi connectivity index (χ4v) is 1.16. The first kappa shape index (κ1) is 8.53. The molecule has 3 heteroatoms. The van der Waals surface area contributed by atoms with E-state index >= 15 is 0 Å². The van der Waals surface area contributed by atoms with Gasteiger partial charge < -0.3 is 10.0 Å². The second-order valence-electron chi connectivity index (χ2n) is 3.53. The highest BCUT2D eigenvalue weighted by molar-refractivity contribution is 5.72. The zero-order valence-corrected chi connectivity index (χ0v) is 7.13. The Morgan fingerprint density at radius 2 is 2.18 bits per heavy atom. The topological polar surface area (TPSA) is 40.5 Å². The van der Waals surface area contributed by atoms with E-state index in [4.69, 9.17) is 5.11 Å². The van der Waals surface area contributed by atoms with Gasteiger partial charge in [0.15, 0.2) is 0 Å². The van der Waals surface area contributed by atoms with Gasteiger partial charge in [-0.05, 0) is 12.8 Å². The van der Waals surface area contributed by atoms with Crippen LogP contribution in [0.5, 0.6) is 0 Å². The normalized spacial score (nSPS) is 19.5. The average Bonchev–Trinajstić information content (AvgIpc) is 2.69. The molecule has 0 bridgehead atoms. The average molecular weight is 157 g/mol. The molecular weight excluding hydrogens is 142 g/mol. The van der Waals surface area contributed by atoms with E-state index in [0.717, 1.165) is 12.8 Å². The molecule has 0 radical (unpaired) electrons. The van der Waals surface area contributed by atoms with Crippen molar-refractivity contribution in [3.8, 4) is 0 Å². The van der Waals surface area contributed by atoms with Crippen LogP contribution >= 0.6 is 0 Å². The van der Waals surface area contributed by atoms with Gasteiger partial charge in [-0.2, -0.15) is 0 Å². The molecule has 0 aromatic rings. The third-order valence-electron chi connectivity index (χ3n) is 2.40. The first-order valence-corrected chi connectivity index (χ1v) is 3.92. The van der Waals surface area contributed by atoms with Crippen LogP contribution < -0.4 is 0 Å². The second kappa shape index (κ2) is 2.81. The summed E-state index contributed by atoms with van der Waals surface area (Å²) >= 11 is 0. The van der Waals surface area contributed by atoms with Crippen molar-refractivity contribution in [1.82, 2.24) is 4.90 Å². The number of hydrogen-bond donors (Lipinski definition) is 1. The number of rotatable bonds is 3. The highest BCUT2D eigenvalue weighted by atomic mass is 16.3. The number of carbonyl (C=O) groups excluding carboxylic acids is 1. The van der Waals surface area contributed by atoms with E-state index in [0.29, 0.717) is 6.54 Å². The smallest absolute Gasteiger partial charge is 0.219 e. The maximum absolute atomic E-state index is 10.8. The molecule has 1 N–H and O–H groups in total. The van der Waals surface area contributed by atoms with Crippen molar-refractivity contribution in [2.75, 3.05) is 20.2 Å². The number of hydrogen-bond acceptors (Lipinski definition) is 2. The zero-order chi connectivity index (χ0) is 8.48. The third-order valence-corrected chi connectivity index (χ3v) is 2.40. The maximum atomic E-state index is 10.8. The number of aliphatic hydroxyl groups is 1. The van der Waals surface area contributed by atoms with E-state index in [9.17, 15) is 4.79 Å². The quantitative estimate of drug-likeness (QED) is 0.637. The largest absolute Gasteiger partial charge is 0.396 e. The van der Waals surface area contributed by atoms with E-state index in [-0.39, 0.29) is 17.9 Å². The van der Waals surface area contributed by atoms with Crippen molar-refractivity contribution in [3.63, 3.8) is 0 Å². The molecule has 0 heterocycles. The fraction of sp³-hybridized carbons (Fsp3) is 0.875. The lowest BCUT2D eigenvalue weighted by Gasteiger charge is -2.20. The molecule has 0 aromatic carbocycles. The number of aliphatic hydroxyl groups excluding tert-OH is 1. The lowest BCUT2D eigenvalue weighted by Crippen LogP contribution is -2.32. The Labute approximate surface area is 67.0 Å². The Bertz CT molecular complexity index is 163. The summed E-state index contributed by atoms with van der Waals surface area (Å²) in [6, 6.07) is 0. The Kier molecular flexibility index (Phi) is 2.18. The summed E-state index contributed by atoms with van der Waals surface area (Å²) in [7, 11) is 1.78. The molecule has 3 nitrogen and oxygen atoms in total. The van der Waals surface area contributed by atoms with Gasteiger partial charge in [-0.3, -0.25) is 4.79 Å². The molecule has 0 aliphatic heterocycles. The molecule has 0 aromatic heterocycles. The van der Waals surface area contributed by atoms with Crippen LogP contribution in [0.4, 0.5) is 0 Å². The molecule has 1 rings (SSSR count).